The third-order valence-electron chi connectivity index (χ3n) is 4.11. The SMILES string of the molecule is Cc1cc(C(=O)N2CCCCCC2C)ccc1C#CCN. The van der Waals surface area contributed by atoms with Crippen molar-refractivity contribution in [1.82, 2.24) is 4.90 Å². The lowest BCUT2D eigenvalue weighted by atomic mass is 10.0. The van der Waals surface area contributed by atoms with Crippen LogP contribution in [0.25, 0.3) is 0 Å². The summed E-state index contributed by atoms with van der Waals surface area (Å²) in [5.74, 6) is 6.04. The minimum absolute atomic E-state index is 0.144. The molecule has 1 aliphatic heterocycles. The zero-order valence-corrected chi connectivity index (χ0v) is 13.0. The summed E-state index contributed by atoms with van der Waals surface area (Å²) in [6.07, 6.45) is 4.65. The zero-order valence-electron chi connectivity index (χ0n) is 13.0. The van der Waals surface area contributed by atoms with Gasteiger partial charge >= 0.3 is 0 Å². The fourth-order valence-electron chi connectivity index (χ4n) is 2.83. The smallest absolute Gasteiger partial charge is 0.254 e. The van der Waals surface area contributed by atoms with E-state index in [0.29, 0.717) is 12.6 Å². The summed E-state index contributed by atoms with van der Waals surface area (Å²) in [5.41, 5.74) is 8.14. The highest BCUT2D eigenvalue weighted by Gasteiger charge is 2.23. The predicted molar refractivity (Wildman–Crippen MR) is 86.1 cm³/mol. The maximum atomic E-state index is 12.7. The number of aryl methyl sites for hydroxylation is 1. The van der Waals surface area contributed by atoms with Gasteiger partial charge in [0.05, 0.1) is 6.54 Å². The Hall–Kier alpha value is -1.79. The van der Waals surface area contributed by atoms with Crippen LogP contribution in [0.3, 0.4) is 0 Å². The van der Waals surface area contributed by atoms with Crippen molar-refractivity contribution in [3.05, 3.63) is 34.9 Å². The molecule has 1 atom stereocenters. The first-order valence-electron chi connectivity index (χ1n) is 7.74. The van der Waals surface area contributed by atoms with Gasteiger partial charge < -0.3 is 10.6 Å². The van der Waals surface area contributed by atoms with Crippen molar-refractivity contribution in [2.75, 3.05) is 13.1 Å². The Balaban J connectivity index is 2.20. The lowest BCUT2D eigenvalue weighted by molar-refractivity contribution is 0.0698. The molecule has 0 aromatic heterocycles. The van der Waals surface area contributed by atoms with Gasteiger partial charge in [0.25, 0.3) is 5.91 Å². The molecule has 1 aromatic rings. The number of rotatable bonds is 1. The average molecular weight is 284 g/mol. The molecule has 1 heterocycles. The van der Waals surface area contributed by atoms with Crippen LogP contribution < -0.4 is 5.73 Å². The van der Waals surface area contributed by atoms with Crippen molar-refractivity contribution < 1.29 is 4.79 Å². The van der Waals surface area contributed by atoms with Crippen LogP contribution in [-0.4, -0.2) is 29.9 Å². The zero-order chi connectivity index (χ0) is 15.2. The van der Waals surface area contributed by atoms with E-state index < -0.39 is 0 Å². The first kappa shape index (κ1) is 15.6. The largest absolute Gasteiger partial charge is 0.336 e. The van der Waals surface area contributed by atoms with Crippen molar-refractivity contribution in [2.45, 2.75) is 45.6 Å². The summed E-state index contributed by atoms with van der Waals surface area (Å²) < 4.78 is 0. The summed E-state index contributed by atoms with van der Waals surface area (Å²) >= 11 is 0. The molecule has 1 aliphatic rings. The molecule has 1 aromatic carbocycles. The molecule has 112 valence electrons. The number of benzene rings is 1. The van der Waals surface area contributed by atoms with Crippen LogP contribution >= 0.6 is 0 Å². The molecular weight excluding hydrogens is 260 g/mol. The molecule has 21 heavy (non-hydrogen) atoms. The summed E-state index contributed by atoms with van der Waals surface area (Å²) in [7, 11) is 0. The molecule has 1 unspecified atom stereocenters. The number of nitrogens with zero attached hydrogens (tertiary/aromatic N) is 1. The highest BCUT2D eigenvalue weighted by Crippen LogP contribution is 2.20. The molecule has 0 spiro atoms. The predicted octanol–water partition coefficient (Wildman–Crippen LogP) is 2.71. The molecule has 3 heteroatoms. The van der Waals surface area contributed by atoms with Gasteiger partial charge in [0, 0.05) is 23.7 Å². The van der Waals surface area contributed by atoms with E-state index in [0.717, 1.165) is 36.1 Å². The fraction of sp³-hybridized carbons (Fsp3) is 0.500. The van der Waals surface area contributed by atoms with Gasteiger partial charge in [0.2, 0.25) is 0 Å². The molecule has 0 bridgehead atoms. The highest BCUT2D eigenvalue weighted by molar-refractivity contribution is 5.94. The number of carbonyl (C=O) groups is 1. The molecule has 0 saturated carbocycles. The molecule has 0 radical (unpaired) electrons. The second kappa shape index (κ2) is 7.28. The fourth-order valence-corrected chi connectivity index (χ4v) is 2.83. The molecule has 2 N–H and O–H groups in total. The minimum atomic E-state index is 0.144. The van der Waals surface area contributed by atoms with Crippen LogP contribution in [0.15, 0.2) is 18.2 Å². The van der Waals surface area contributed by atoms with Crippen LogP contribution in [0.5, 0.6) is 0 Å². The number of amides is 1. The maximum absolute atomic E-state index is 12.7. The average Bonchev–Trinajstić information content (AvgIpc) is 2.70. The van der Waals surface area contributed by atoms with Crippen LogP contribution in [0.2, 0.25) is 0 Å². The lowest BCUT2D eigenvalue weighted by Crippen LogP contribution is -2.38. The van der Waals surface area contributed by atoms with E-state index in [-0.39, 0.29) is 5.91 Å². The summed E-state index contributed by atoms with van der Waals surface area (Å²) in [6, 6.07) is 6.08. The first-order valence-corrected chi connectivity index (χ1v) is 7.74. The molecule has 3 nitrogen and oxygen atoms in total. The summed E-state index contributed by atoms with van der Waals surface area (Å²) in [6.45, 7) is 5.36. The van der Waals surface area contributed by atoms with Gasteiger partial charge in [-0.2, -0.15) is 0 Å². The van der Waals surface area contributed by atoms with Gasteiger partial charge in [-0.05, 0) is 50.5 Å². The van der Waals surface area contributed by atoms with Crippen molar-refractivity contribution in [3.8, 4) is 11.8 Å². The third kappa shape index (κ3) is 3.86. The van der Waals surface area contributed by atoms with Gasteiger partial charge in [-0.1, -0.05) is 24.7 Å². The van der Waals surface area contributed by atoms with Crippen molar-refractivity contribution >= 4 is 5.91 Å². The maximum Gasteiger partial charge on any atom is 0.254 e. The van der Waals surface area contributed by atoms with Crippen molar-refractivity contribution in [3.63, 3.8) is 0 Å². The Morgan fingerprint density at radius 1 is 1.38 bits per heavy atom. The lowest BCUT2D eigenvalue weighted by Gasteiger charge is -2.27. The normalized spacial score (nSPS) is 18.6. The number of hydrogen-bond donors (Lipinski definition) is 1. The Morgan fingerprint density at radius 2 is 2.19 bits per heavy atom. The van der Waals surface area contributed by atoms with Crippen LogP contribution in [0, 0.1) is 18.8 Å². The molecule has 2 rings (SSSR count). The molecule has 1 amide bonds. The van der Waals surface area contributed by atoms with E-state index in [9.17, 15) is 4.79 Å². The Bertz CT molecular complexity index is 568. The topological polar surface area (TPSA) is 46.3 Å². The minimum Gasteiger partial charge on any atom is -0.336 e. The van der Waals surface area contributed by atoms with Crippen molar-refractivity contribution in [2.24, 2.45) is 5.73 Å². The number of likely N-dealkylation sites (tertiary alicyclic amines) is 1. The standard InChI is InChI=1S/C18H24N2O/c1-14-13-17(10-9-16(14)8-6-11-19)18(21)20-12-5-3-4-7-15(20)2/h9-10,13,15H,3-5,7,11-12,19H2,1-2H3. The van der Waals surface area contributed by atoms with E-state index in [4.69, 9.17) is 5.73 Å². The summed E-state index contributed by atoms with van der Waals surface area (Å²) in [5, 5.41) is 0. The van der Waals surface area contributed by atoms with Gasteiger partial charge in [0.15, 0.2) is 0 Å². The third-order valence-corrected chi connectivity index (χ3v) is 4.11. The van der Waals surface area contributed by atoms with Crippen molar-refractivity contribution in [1.29, 1.82) is 0 Å². The van der Waals surface area contributed by atoms with Gasteiger partial charge in [-0.3, -0.25) is 4.79 Å². The van der Waals surface area contributed by atoms with E-state index >= 15 is 0 Å². The highest BCUT2D eigenvalue weighted by atomic mass is 16.2. The van der Waals surface area contributed by atoms with Gasteiger partial charge in [0.1, 0.15) is 0 Å². The van der Waals surface area contributed by atoms with E-state index in [1.165, 1.54) is 12.8 Å². The van der Waals surface area contributed by atoms with E-state index in [2.05, 4.69) is 18.8 Å². The Labute approximate surface area is 127 Å². The number of nitrogens with two attached hydrogens (primary N) is 1. The first-order chi connectivity index (χ1) is 10.1. The molecule has 1 saturated heterocycles. The van der Waals surface area contributed by atoms with E-state index in [1.54, 1.807) is 0 Å². The molecule has 0 aliphatic carbocycles. The van der Waals surface area contributed by atoms with E-state index in [1.807, 2.05) is 30.0 Å². The second-order valence-corrected chi connectivity index (χ2v) is 5.73. The monoisotopic (exact) mass is 284 g/mol. The van der Waals surface area contributed by atoms with Gasteiger partial charge in [-0.25, -0.2) is 0 Å². The van der Waals surface area contributed by atoms with Crippen LogP contribution in [0.1, 0.15) is 54.1 Å². The number of hydrogen-bond acceptors (Lipinski definition) is 2. The van der Waals surface area contributed by atoms with Crippen LogP contribution in [-0.2, 0) is 0 Å². The summed E-state index contributed by atoms with van der Waals surface area (Å²) in [4.78, 5) is 14.7. The Morgan fingerprint density at radius 3 is 2.90 bits per heavy atom. The second-order valence-electron chi connectivity index (χ2n) is 5.73. The number of carbonyl (C=O) groups excluding carboxylic acids is 1. The molecular formula is C18H24N2O. The van der Waals surface area contributed by atoms with Crippen LogP contribution in [0.4, 0.5) is 0 Å². The van der Waals surface area contributed by atoms with Gasteiger partial charge in [-0.15, -0.1) is 0 Å². The quantitative estimate of drug-likeness (QED) is 0.806. The Kier molecular flexibility index (Phi) is 5.41. The molecule has 1 fully saturated rings.